The molecule has 1 aliphatic rings. The van der Waals surface area contributed by atoms with Crippen LogP contribution in [0.15, 0.2) is 24.3 Å². The van der Waals surface area contributed by atoms with Gasteiger partial charge in [0.25, 0.3) is 0 Å². The maximum Gasteiger partial charge on any atom is 0.322 e. The van der Waals surface area contributed by atoms with Crippen molar-refractivity contribution in [2.75, 3.05) is 19.6 Å². The van der Waals surface area contributed by atoms with Gasteiger partial charge in [0.15, 0.2) is 0 Å². The van der Waals surface area contributed by atoms with Crippen molar-refractivity contribution in [2.24, 2.45) is 0 Å². The van der Waals surface area contributed by atoms with E-state index in [1.54, 1.807) is 6.07 Å². The van der Waals surface area contributed by atoms with Crippen LogP contribution in [0.2, 0.25) is 0 Å². The Hall–Kier alpha value is -1.46. The van der Waals surface area contributed by atoms with Crippen LogP contribution in [0.3, 0.4) is 0 Å². The Labute approximate surface area is 99.0 Å². The van der Waals surface area contributed by atoms with Gasteiger partial charge in [-0.15, -0.1) is 0 Å². The predicted octanol–water partition coefficient (Wildman–Crippen LogP) is 0.684. The first-order valence-corrected chi connectivity index (χ1v) is 5.59. The average molecular weight is 238 g/mol. The monoisotopic (exact) mass is 238 g/mol. The second kappa shape index (κ2) is 5.25. The fourth-order valence-electron chi connectivity index (χ4n) is 2.05. The highest BCUT2D eigenvalue weighted by atomic mass is 19.1. The highest BCUT2D eigenvalue weighted by Gasteiger charge is 2.27. The number of aliphatic carboxylic acids is 1. The molecular weight excluding hydrogens is 223 g/mol. The summed E-state index contributed by atoms with van der Waals surface area (Å²) in [5.74, 6) is -1.13. The van der Waals surface area contributed by atoms with Gasteiger partial charge < -0.3 is 10.4 Å². The Morgan fingerprint density at radius 1 is 1.59 bits per heavy atom. The molecule has 1 aliphatic heterocycles. The number of halogens is 1. The standard InChI is InChI=1S/C12H15FN2O2/c13-10-3-1-2-9(6-10)8-15-5-4-14-7-11(15)12(16)17/h1-3,6,11,14H,4-5,7-8H2,(H,16,17)/t11-/m0/s1. The van der Waals surface area contributed by atoms with E-state index in [2.05, 4.69) is 5.32 Å². The Bertz CT molecular complexity index is 411. The molecule has 0 aliphatic carbocycles. The van der Waals surface area contributed by atoms with Crippen LogP contribution in [0.25, 0.3) is 0 Å². The summed E-state index contributed by atoms with van der Waals surface area (Å²) < 4.78 is 13.0. The molecule has 2 rings (SSSR count). The number of nitrogens with zero attached hydrogens (tertiary/aromatic N) is 1. The number of carbonyl (C=O) groups is 1. The summed E-state index contributed by atoms with van der Waals surface area (Å²) in [5.41, 5.74) is 0.804. The van der Waals surface area contributed by atoms with Crippen molar-refractivity contribution < 1.29 is 14.3 Å². The van der Waals surface area contributed by atoms with Crippen LogP contribution in [-0.4, -0.2) is 41.7 Å². The van der Waals surface area contributed by atoms with Crippen LogP contribution < -0.4 is 5.32 Å². The maximum absolute atomic E-state index is 13.0. The Balaban J connectivity index is 2.08. The van der Waals surface area contributed by atoms with E-state index in [0.717, 1.165) is 12.1 Å². The van der Waals surface area contributed by atoms with Crippen LogP contribution in [-0.2, 0) is 11.3 Å². The molecule has 2 N–H and O–H groups in total. The van der Waals surface area contributed by atoms with Gasteiger partial charge in [-0.05, 0) is 17.7 Å². The topological polar surface area (TPSA) is 52.6 Å². The van der Waals surface area contributed by atoms with Gasteiger partial charge in [-0.25, -0.2) is 4.39 Å². The van der Waals surface area contributed by atoms with E-state index in [-0.39, 0.29) is 5.82 Å². The summed E-state index contributed by atoms with van der Waals surface area (Å²) >= 11 is 0. The van der Waals surface area contributed by atoms with Gasteiger partial charge in [0, 0.05) is 26.2 Å². The Morgan fingerprint density at radius 2 is 2.41 bits per heavy atom. The van der Waals surface area contributed by atoms with Crippen LogP contribution in [0.1, 0.15) is 5.56 Å². The highest BCUT2D eigenvalue weighted by molar-refractivity contribution is 5.74. The van der Waals surface area contributed by atoms with E-state index in [9.17, 15) is 9.18 Å². The molecule has 0 radical (unpaired) electrons. The van der Waals surface area contributed by atoms with Crippen molar-refractivity contribution in [2.45, 2.75) is 12.6 Å². The van der Waals surface area contributed by atoms with Gasteiger partial charge in [0.1, 0.15) is 11.9 Å². The Kier molecular flexibility index (Phi) is 3.71. The van der Waals surface area contributed by atoms with Crippen molar-refractivity contribution in [3.8, 4) is 0 Å². The third-order valence-corrected chi connectivity index (χ3v) is 2.91. The number of rotatable bonds is 3. The van der Waals surface area contributed by atoms with Crippen molar-refractivity contribution in [3.63, 3.8) is 0 Å². The van der Waals surface area contributed by atoms with Crippen molar-refractivity contribution in [1.29, 1.82) is 0 Å². The summed E-state index contributed by atoms with van der Waals surface area (Å²) in [6.07, 6.45) is 0. The SMILES string of the molecule is O=C(O)[C@@H]1CNCCN1Cc1cccc(F)c1. The minimum Gasteiger partial charge on any atom is -0.480 e. The summed E-state index contributed by atoms with van der Waals surface area (Å²) in [4.78, 5) is 12.9. The lowest BCUT2D eigenvalue weighted by Crippen LogP contribution is -2.54. The number of nitrogens with one attached hydrogen (secondary N) is 1. The average Bonchev–Trinajstić information content (AvgIpc) is 2.29. The fourth-order valence-corrected chi connectivity index (χ4v) is 2.05. The van der Waals surface area contributed by atoms with Crippen molar-refractivity contribution in [3.05, 3.63) is 35.6 Å². The molecule has 0 aromatic heterocycles. The van der Waals surface area contributed by atoms with E-state index in [1.165, 1.54) is 12.1 Å². The van der Waals surface area contributed by atoms with Crippen LogP contribution >= 0.6 is 0 Å². The zero-order valence-electron chi connectivity index (χ0n) is 9.40. The number of carboxylic acid groups (broad SMARTS) is 1. The number of benzene rings is 1. The first-order valence-electron chi connectivity index (χ1n) is 5.59. The van der Waals surface area contributed by atoms with Gasteiger partial charge in [-0.2, -0.15) is 0 Å². The molecule has 17 heavy (non-hydrogen) atoms. The van der Waals surface area contributed by atoms with E-state index in [0.29, 0.717) is 19.6 Å². The lowest BCUT2D eigenvalue weighted by molar-refractivity contribution is -0.144. The lowest BCUT2D eigenvalue weighted by atomic mass is 10.1. The number of hydrogen-bond donors (Lipinski definition) is 2. The molecule has 0 bridgehead atoms. The minimum atomic E-state index is -0.839. The quantitative estimate of drug-likeness (QED) is 0.813. The summed E-state index contributed by atoms with van der Waals surface area (Å²) in [6.45, 7) is 2.33. The zero-order valence-corrected chi connectivity index (χ0v) is 9.40. The first kappa shape index (κ1) is 12.0. The second-order valence-corrected chi connectivity index (χ2v) is 4.16. The van der Waals surface area contributed by atoms with Gasteiger partial charge in [0.05, 0.1) is 0 Å². The molecule has 0 amide bonds. The molecule has 4 nitrogen and oxygen atoms in total. The van der Waals surface area contributed by atoms with E-state index < -0.39 is 12.0 Å². The minimum absolute atomic E-state index is 0.287. The molecule has 1 heterocycles. The molecule has 5 heteroatoms. The third-order valence-electron chi connectivity index (χ3n) is 2.91. The molecule has 1 aromatic carbocycles. The van der Waals surface area contributed by atoms with Crippen molar-refractivity contribution >= 4 is 5.97 Å². The van der Waals surface area contributed by atoms with Crippen LogP contribution in [0.5, 0.6) is 0 Å². The highest BCUT2D eigenvalue weighted by Crippen LogP contribution is 2.11. The molecule has 1 saturated heterocycles. The summed E-state index contributed by atoms with van der Waals surface area (Å²) in [5, 5.41) is 12.1. The summed E-state index contributed by atoms with van der Waals surface area (Å²) in [7, 11) is 0. The third kappa shape index (κ3) is 3.01. The predicted molar refractivity (Wildman–Crippen MR) is 61.1 cm³/mol. The van der Waals surface area contributed by atoms with E-state index >= 15 is 0 Å². The molecule has 1 atom stereocenters. The first-order chi connectivity index (χ1) is 8.16. The van der Waals surface area contributed by atoms with Gasteiger partial charge >= 0.3 is 5.97 Å². The fraction of sp³-hybridized carbons (Fsp3) is 0.417. The molecule has 1 aromatic rings. The summed E-state index contributed by atoms with van der Waals surface area (Å²) in [6, 6.07) is 5.75. The molecule has 1 fully saturated rings. The number of carboxylic acids is 1. The van der Waals surface area contributed by atoms with Gasteiger partial charge in [0.2, 0.25) is 0 Å². The number of piperazine rings is 1. The van der Waals surface area contributed by atoms with Gasteiger partial charge in [-0.1, -0.05) is 12.1 Å². The van der Waals surface area contributed by atoms with E-state index in [4.69, 9.17) is 5.11 Å². The Morgan fingerprint density at radius 3 is 3.12 bits per heavy atom. The molecule has 0 unspecified atom stereocenters. The van der Waals surface area contributed by atoms with E-state index in [1.807, 2.05) is 11.0 Å². The zero-order chi connectivity index (χ0) is 12.3. The van der Waals surface area contributed by atoms with Crippen molar-refractivity contribution in [1.82, 2.24) is 10.2 Å². The molecule has 0 spiro atoms. The largest absolute Gasteiger partial charge is 0.480 e. The number of hydrogen-bond acceptors (Lipinski definition) is 3. The molecular formula is C12H15FN2O2. The van der Waals surface area contributed by atoms with Crippen LogP contribution in [0, 0.1) is 5.82 Å². The van der Waals surface area contributed by atoms with Gasteiger partial charge in [-0.3, -0.25) is 9.69 Å². The second-order valence-electron chi connectivity index (χ2n) is 4.16. The molecule has 0 saturated carbocycles. The normalized spacial score (nSPS) is 21.4. The molecule has 92 valence electrons. The maximum atomic E-state index is 13.0. The smallest absolute Gasteiger partial charge is 0.322 e. The lowest BCUT2D eigenvalue weighted by Gasteiger charge is -2.33. The van der Waals surface area contributed by atoms with Crippen LogP contribution in [0.4, 0.5) is 4.39 Å².